The highest BCUT2D eigenvalue weighted by Gasteiger charge is 2.42. The van der Waals surface area contributed by atoms with Crippen LogP contribution < -0.4 is 4.90 Å². The molecule has 2 unspecified atom stereocenters. The summed E-state index contributed by atoms with van der Waals surface area (Å²) in [5.41, 5.74) is 11.6. The maximum Gasteiger partial charge on any atom is 0.0804 e. The second kappa shape index (κ2) is 8.00. The topological polar surface area (TPSA) is 13.1 Å². The molecule has 7 aromatic rings. The lowest BCUT2D eigenvalue weighted by molar-refractivity contribution is 0.619. The Bertz CT molecular complexity index is 2130. The fraction of sp³-hybridized carbons (Fsp3) is 0.0811. The summed E-state index contributed by atoms with van der Waals surface area (Å²) in [4.78, 5) is 2.49. The first-order chi connectivity index (χ1) is 19.8. The molecule has 0 saturated heterocycles. The summed E-state index contributed by atoms with van der Waals surface area (Å²) < 4.78 is 4.99. The fourth-order valence-electron chi connectivity index (χ4n) is 7.45. The molecule has 3 heteroatoms. The third kappa shape index (κ3) is 2.74. The average Bonchev–Trinajstić information content (AvgIpc) is 3.64. The predicted octanol–water partition coefficient (Wildman–Crippen LogP) is 9.03. The number of hydrogen-bond acceptors (Lipinski definition) is 1. The van der Waals surface area contributed by atoms with E-state index >= 15 is 0 Å². The molecule has 3 nitrogen and oxygen atoms in total. The molecule has 9 rings (SSSR count). The first kappa shape index (κ1) is 21.9. The van der Waals surface area contributed by atoms with Crippen LogP contribution in [-0.2, 0) is 0 Å². The van der Waals surface area contributed by atoms with Gasteiger partial charge in [0.05, 0.1) is 28.3 Å². The number of likely N-dealkylation sites (N-methyl/N-ethyl adjacent to an activating group) is 1. The van der Waals surface area contributed by atoms with E-state index in [0.717, 1.165) is 0 Å². The van der Waals surface area contributed by atoms with E-state index in [2.05, 4.69) is 155 Å². The van der Waals surface area contributed by atoms with Gasteiger partial charge in [-0.1, -0.05) is 91.0 Å². The van der Waals surface area contributed by atoms with Crippen molar-refractivity contribution in [3.8, 4) is 11.4 Å². The van der Waals surface area contributed by atoms with Crippen molar-refractivity contribution in [2.24, 2.45) is 0 Å². The molecule has 2 aliphatic rings. The van der Waals surface area contributed by atoms with Crippen molar-refractivity contribution in [3.05, 3.63) is 144 Å². The minimum absolute atomic E-state index is 0.225. The number of para-hydroxylation sites is 4. The smallest absolute Gasteiger partial charge is 0.0804 e. The molecular formula is C37H27N3. The maximum atomic E-state index is 2.57. The van der Waals surface area contributed by atoms with Crippen LogP contribution in [0.4, 0.5) is 5.69 Å². The van der Waals surface area contributed by atoms with Gasteiger partial charge in [-0.15, -0.1) is 0 Å². The molecule has 1 aliphatic heterocycles. The molecule has 0 N–H and O–H groups in total. The molecule has 190 valence electrons. The van der Waals surface area contributed by atoms with Crippen LogP contribution in [0.1, 0.15) is 28.8 Å². The van der Waals surface area contributed by atoms with E-state index in [9.17, 15) is 0 Å². The van der Waals surface area contributed by atoms with Gasteiger partial charge in [0.25, 0.3) is 0 Å². The Morgan fingerprint density at radius 3 is 2.05 bits per heavy atom. The van der Waals surface area contributed by atoms with E-state index in [1.165, 1.54) is 66.6 Å². The minimum Gasteiger partial charge on any atom is -0.365 e. The highest BCUT2D eigenvalue weighted by Crippen LogP contribution is 2.55. The zero-order valence-electron chi connectivity index (χ0n) is 22.2. The highest BCUT2D eigenvalue weighted by atomic mass is 15.2. The zero-order chi connectivity index (χ0) is 26.4. The molecular weight excluding hydrogens is 486 g/mol. The second-order valence-corrected chi connectivity index (χ2v) is 11.0. The zero-order valence-corrected chi connectivity index (χ0v) is 22.2. The summed E-state index contributed by atoms with van der Waals surface area (Å²) in [7, 11) is 2.26. The summed E-state index contributed by atoms with van der Waals surface area (Å²) in [6.45, 7) is 0. The van der Waals surface area contributed by atoms with Crippen LogP contribution >= 0.6 is 0 Å². The molecule has 0 fully saturated rings. The van der Waals surface area contributed by atoms with Crippen molar-refractivity contribution in [2.45, 2.75) is 12.0 Å². The number of anilines is 1. The molecule has 40 heavy (non-hydrogen) atoms. The van der Waals surface area contributed by atoms with Crippen molar-refractivity contribution >= 4 is 44.5 Å². The largest absolute Gasteiger partial charge is 0.365 e. The van der Waals surface area contributed by atoms with Gasteiger partial charge in [0, 0.05) is 51.7 Å². The number of benzene rings is 5. The Labute approximate surface area is 232 Å². The number of aromatic nitrogens is 2. The van der Waals surface area contributed by atoms with Gasteiger partial charge in [-0.05, 0) is 48.0 Å². The van der Waals surface area contributed by atoms with E-state index in [4.69, 9.17) is 0 Å². The third-order valence-electron chi connectivity index (χ3n) is 9.05. The Kier molecular flexibility index (Phi) is 4.37. The number of nitrogens with zero attached hydrogens (tertiary/aromatic N) is 3. The fourth-order valence-corrected chi connectivity index (χ4v) is 7.45. The first-order valence-electron chi connectivity index (χ1n) is 14.0. The first-order valence-corrected chi connectivity index (χ1v) is 14.0. The summed E-state index contributed by atoms with van der Waals surface area (Å²) in [6, 6.07) is 44.3. The third-order valence-corrected chi connectivity index (χ3v) is 9.05. The predicted molar refractivity (Wildman–Crippen MR) is 167 cm³/mol. The molecule has 0 amide bonds. The molecule has 0 saturated carbocycles. The molecule has 2 atom stereocenters. The van der Waals surface area contributed by atoms with Gasteiger partial charge in [0.2, 0.25) is 0 Å². The molecule has 0 radical (unpaired) electrons. The monoisotopic (exact) mass is 513 g/mol. The van der Waals surface area contributed by atoms with Crippen molar-refractivity contribution < 1.29 is 0 Å². The Balaban J connectivity index is 1.46. The lowest BCUT2D eigenvalue weighted by atomic mass is 9.86. The summed E-state index contributed by atoms with van der Waals surface area (Å²) in [6.07, 6.45) is 4.82. The summed E-state index contributed by atoms with van der Waals surface area (Å²) in [5, 5.41) is 3.89. The van der Waals surface area contributed by atoms with Crippen LogP contribution in [0.25, 0.3) is 50.2 Å². The van der Waals surface area contributed by atoms with Gasteiger partial charge >= 0.3 is 0 Å². The number of fused-ring (bicyclic) bond motifs is 11. The maximum absolute atomic E-state index is 2.57. The van der Waals surface area contributed by atoms with Crippen LogP contribution in [0.15, 0.2) is 127 Å². The minimum atomic E-state index is 0.225. The average molecular weight is 514 g/mol. The quantitative estimate of drug-likeness (QED) is 0.225. The molecule has 2 aromatic heterocycles. The van der Waals surface area contributed by atoms with Crippen molar-refractivity contribution in [1.82, 2.24) is 9.13 Å². The van der Waals surface area contributed by atoms with E-state index in [0.29, 0.717) is 5.92 Å². The van der Waals surface area contributed by atoms with Crippen LogP contribution in [0.2, 0.25) is 0 Å². The number of rotatable bonds is 2. The van der Waals surface area contributed by atoms with Crippen LogP contribution in [0.5, 0.6) is 0 Å². The van der Waals surface area contributed by atoms with Gasteiger partial charge in [-0.3, -0.25) is 0 Å². The van der Waals surface area contributed by atoms with Crippen LogP contribution in [0.3, 0.4) is 0 Å². The van der Waals surface area contributed by atoms with Crippen LogP contribution in [-0.4, -0.2) is 16.2 Å². The molecule has 1 aliphatic carbocycles. The van der Waals surface area contributed by atoms with Crippen molar-refractivity contribution in [1.29, 1.82) is 0 Å². The molecule has 0 bridgehead atoms. The molecule has 0 spiro atoms. The van der Waals surface area contributed by atoms with Gasteiger partial charge in [-0.2, -0.15) is 0 Å². The lowest BCUT2D eigenvalue weighted by Gasteiger charge is -2.30. The number of hydrogen-bond donors (Lipinski definition) is 0. The SMILES string of the molecule is CN1c2ccccc2C2C=Cc3c(n(-c4ccccc4)c4c3ccc3c4c4ccccc4n3-c3ccccc3)C21. The summed E-state index contributed by atoms with van der Waals surface area (Å²) >= 11 is 0. The van der Waals surface area contributed by atoms with E-state index in [-0.39, 0.29) is 6.04 Å². The van der Waals surface area contributed by atoms with Crippen molar-refractivity contribution in [3.63, 3.8) is 0 Å². The van der Waals surface area contributed by atoms with Gasteiger partial charge < -0.3 is 14.0 Å². The van der Waals surface area contributed by atoms with E-state index < -0.39 is 0 Å². The normalized spacial score (nSPS) is 17.5. The molecule has 5 aromatic carbocycles. The lowest BCUT2D eigenvalue weighted by Crippen LogP contribution is -2.26. The standard InChI is InChI=1S/C37H27N3/c1-38-31-18-10-8-16-26(31)27-20-21-29-28-22-23-33-34(35(28)40(37(29)36(27)38)25-14-6-3-7-15-25)30-17-9-11-19-32(30)39(33)24-12-4-2-5-13-24/h2-23,27,36H,1H3. The van der Waals surface area contributed by atoms with Crippen LogP contribution in [0, 0.1) is 0 Å². The van der Waals surface area contributed by atoms with E-state index in [1.807, 2.05) is 0 Å². The van der Waals surface area contributed by atoms with Gasteiger partial charge in [-0.25, -0.2) is 0 Å². The Morgan fingerprint density at radius 1 is 0.575 bits per heavy atom. The van der Waals surface area contributed by atoms with Gasteiger partial charge in [0.15, 0.2) is 0 Å². The van der Waals surface area contributed by atoms with Crippen molar-refractivity contribution in [2.75, 3.05) is 11.9 Å². The molecule has 3 heterocycles. The van der Waals surface area contributed by atoms with E-state index in [1.54, 1.807) is 0 Å². The Hall–Kier alpha value is -5.02. The highest BCUT2D eigenvalue weighted by molar-refractivity contribution is 6.22. The summed E-state index contributed by atoms with van der Waals surface area (Å²) in [5.74, 6) is 0.321. The van der Waals surface area contributed by atoms with Gasteiger partial charge in [0.1, 0.15) is 0 Å². The second-order valence-electron chi connectivity index (χ2n) is 11.0. The Morgan fingerprint density at radius 2 is 1.25 bits per heavy atom.